The Kier molecular flexibility index (Phi) is 6.08. The van der Waals surface area contributed by atoms with Crippen molar-refractivity contribution in [3.8, 4) is 5.69 Å². The van der Waals surface area contributed by atoms with Crippen LogP contribution in [0.2, 0.25) is 0 Å². The van der Waals surface area contributed by atoms with Crippen molar-refractivity contribution in [2.24, 2.45) is 0 Å². The molecule has 1 saturated carbocycles. The molecule has 2 fully saturated rings. The van der Waals surface area contributed by atoms with Crippen molar-refractivity contribution in [1.29, 1.82) is 0 Å². The third kappa shape index (κ3) is 4.67. The molecule has 4 N–H and O–H groups in total. The molecule has 2 aliphatic rings. The van der Waals surface area contributed by atoms with E-state index in [2.05, 4.69) is 15.7 Å². The van der Waals surface area contributed by atoms with Crippen molar-refractivity contribution in [3.63, 3.8) is 0 Å². The second kappa shape index (κ2) is 9.34. The minimum Gasteiger partial charge on any atom is -0.383 e. The van der Waals surface area contributed by atoms with Crippen molar-refractivity contribution < 1.29 is 14.4 Å². The zero-order valence-electron chi connectivity index (χ0n) is 19.6. The van der Waals surface area contributed by atoms with Gasteiger partial charge in [-0.15, -0.1) is 0 Å². The van der Waals surface area contributed by atoms with E-state index in [0.717, 1.165) is 31.5 Å². The van der Waals surface area contributed by atoms with Gasteiger partial charge in [-0.25, -0.2) is 4.68 Å². The number of hydrogen-bond acceptors (Lipinski definition) is 6. The number of benzene rings is 2. The summed E-state index contributed by atoms with van der Waals surface area (Å²) < 4.78 is 1.48. The maximum absolute atomic E-state index is 13.3. The number of piperazine rings is 1. The van der Waals surface area contributed by atoms with Gasteiger partial charge in [-0.2, -0.15) is 5.10 Å². The maximum atomic E-state index is 13.3. The summed E-state index contributed by atoms with van der Waals surface area (Å²) >= 11 is 0. The van der Waals surface area contributed by atoms with Gasteiger partial charge in [-0.05, 0) is 49.6 Å². The molecule has 3 aromatic rings. The summed E-state index contributed by atoms with van der Waals surface area (Å²) in [6.45, 7) is 4.67. The molecule has 2 amide bonds. The Morgan fingerprint density at radius 2 is 1.77 bits per heavy atom. The molecule has 1 saturated heterocycles. The van der Waals surface area contributed by atoms with Crippen molar-refractivity contribution >= 4 is 23.4 Å². The summed E-state index contributed by atoms with van der Waals surface area (Å²) in [5.41, 5.74) is 9.46. The van der Waals surface area contributed by atoms with Crippen LogP contribution in [0.4, 0.5) is 5.82 Å². The molecular formula is C26H28N6O3. The third-order valence-corrected chi connectivity index (χ3v) is 6.44. The van der Waals surface area contributed by atoms with Gasteiger partial charge in [-0.1, -0.05) is 18.2 Å². The zero-order valence-corrected chi connectivity index (χ0v) is 19.6. The van der Waals surface area contributed by atoms with Gasteiger partial charge in [0.25, 0.3) is 11.8 Å². The summed E-state index contributed by atoms with van der Waals surface area (Å²) in [6, 6.07) is 12.3. The lowest BCUT2D eigenvalue weighted by molar-refractivity contribution is 0.0735. The molecule has 1 aliphatic carbocycles. The molecule has 9 nitrogen and oxygen atoms in total. The molecule has 0 bridgehead atoms. The molecular weight excluding hydrogens is 444 g/mol. The van der Waals surface area contributed by atoms with E-state index in [1.807, 2.05) is 13.0 Å². The number of aromatic nitrogens is 2. The van der Waals surface area contributed by atoms with Crippen LogP contribution in [0.1, 0.15) is 55.0 Å². The number of nitrogens with two attached hydrogens (primary N) is 1. The number of carbonyl (C=O) groups is 3. The Labute approximate surface area is 203 Å². The van der Waals surface area contributed by atoms with E-state index >= 15 is 0 Å². The Morgan fingerprint density at radius 3 is 2.51 bits per heavy atom. The van der Waals surface area contributed by atoms with Crippen LogP contribution in [0.3, 0.4) is 0 Å². The van der Waals surface area contributed by atoms with Gasteiger partial charge in [0.05, 0.1) is 17.4 Å². The maximum Gasteiger partial charge on any atom is 0.253 e. The highest BCUT2D eigenvalue weighted by molar-refractivity contribution is 6.12. The number of hydrogen-bond donors (Lipinski definition) is 3. The summed E-state index contributed by atoms with van der Waals surface area (Å²) in [5, 5.41) is 10.6. The Hall–Kier alpha value is -3.98. The second-order valence-corrected chi connectivity index (χ2v) is 9.06. The van der Waals surface area contributed by atoms with Crippen LogP contribution >= 0.6 is 0 Å². The fraction of sp³-hybridized carbons (Fsp3) is 0.308. The number of anilines is 1. The van der Waals surface area contributed by atoms with Crippen LogP contribution in [0.5, 0.6) is 0 Å². The highest BCUT2D eigenvalue weighted by Crippen LogP contribution is 2.25. The average Bonchev–Trinajstić information content (AvgIpc) is 3.62. The lowest BCUT2D eigenvalue weighted by Crippen LogP contribution is -2.46. The summed E-state index contributed by atoms with van der Waals surface area (Å²) in [4.78, 5) is 40.5. The second-order valence-electron chi connectivity index (χ2n) is 9.06. The number of rotatable bonds is 6. The van der Waals surface area contributed by atoms with Crippen molar-refractivity contribution in [3.05, 3.63) is 76.5 Å². The molecule has 180 valence electrons. The van der Waals surface area contributed by atoms with E-state index in [1.165, 1.54) is 10.9 Å². The number of aryl methyl sites for hydroxylation is 1. The minimum atomic E-state index is -0.316. The number of amides is 2. The van der Waals surface area contributed by atoms with Crippen molar-refractivity contribution in [2.75, 3.05) is 31.9 Å². The fourth-order valence-corrected chi connectivity index (χ4v) is 4.20. The smallest absolute Gasteiger partial charge is 0.253 e. The third-order valence-electron chi connectivity index (χ3n) is 6.44. The molecule has 1 aromatic heterocycles. The predicted octanol–water partition coefficient (Wildman–Crippen LogP) is 1.93. The van der Waals surface area contributed by atoms with E-state index in [-0.39, 0.29) is 35.0 Å². The van der Waals surface area contributed by atoms with E-state index < -0.39 is 0 Å². The molecule has 9 heteroatoms. The highest BCUT2D eigenvalue weighted by atomic mass is 16.2. The monoisotopic (exact) mass is 472 g/mol. The van der Waals surface area contributed by atoms with Crippen molar-refractivity contribution in [2.45, 2.75) is 25.8 Å². The first-order valence-corrected chi connectivity index (χ1v) is 11.8. The van der Waals surface area contributed by atoms with Crippen LogP contribution in [-0.4, -0.2) is 64.5 Å². The van der Waals surface area contributed by atoms with E-state index in [4.69, 9.17) is 5.73 Å². The number of carbonyl (C=O) groups excluding carboxylic acids is 3. The number of nitrogens with zero attached hydrogens (tertiary/aromatic N) is 3. The lowest BCUT2D eigenvalue weighted by Gasteiger charge is -2.27. The van der Waals surface area contributed by atoms with Gasteiger partial charge in [0.1, 0.15) is 5.82 Å². The molecule has 0 spiro atoms. The molecule has 0 radical (unpaired) electrons. The summed E-state index contributed by atoms with van der Waals surface area (Å²) in [6.07, 6.45) is 3.44. The van der Waals surface area contributed by atoms with Gasteiger partial charge in [-0.3, -0.25) is 14.4 Å². The van der Waals surface area contributed by atoms with E-state index in [9.17, 15) is 14.4 Å². The summed E-state index contributed by atoms with van der Waals surface area (Å²) in [7, 11) is 0. The Morgan fingerprint density at radius 1 is 1.03 bits per heavy atom. The van der Waals surface area contributed by atoms with Gasteiger partial charge in [0, 0.05) is 48.9 Å². The molecule has 0 atom stereocenters. The predicted molar refractivity (Wildman–Crippen MR) is 132 cm³/mol. The fourth-order valence-electron chi connectivity index (χ4n) is 4.20. The number of nitrogen functional groups attached to an aromatic ring is 1. The zero-order chi connectivity index (χ0) is 24.5. The topological polar surface area (TPSA) is 122 Å². The van der Waals surface area contributed by atoms with Crippen LogP contribution < -0.4 is 16.4 Å². The molecule has 2 aromatic carbocycles. The first kappa shape index (κ1) is 22.8. The number of nitrogens with one attached hydrogen (secondary N) is 2. The quantitative estimate of drug-likeness (QED) is 0.471. The van der Waals surface area contributed by atoms with Crippen LogP contribution in [0.15, 0.2) is 48.7 Å². The van der Waals surface area contributed by atoms with Gasteiger partial charge in [0.2, 0.25) is 0 Å². The number of ketones is 1. The summed E-state index contributed by atoms with van der Waals surface area (Å²) in [5.74, 6) is -0.371. The van der Waals surface area contributed by atoms with Crippen LogP contribution in [0.25, 0.3) is 5.69 Å². The molecule has 0 unspecified atom stereocenters. The highest BCUT2D eigenvalue weighted by Gasteiger charge is 2.25. The first-order chi connectivity index (χ1) is 16.9. The normalized spacial score (nSPS) is 15.6. The SMILES string of the molecule is Cc1ccc(C(=O)NC2CC2)cc1-n1ncc(C(=O)c2cccc(C(=O)N3CCNCC3)c2)c1N. The lowest BCUT2D eigenvalue weighted by atomic mass is 10.0. The molecule has 2 heterocycles. The van der Waals surface area contributed by atoms with Gasteiger partial charge >= 0.3 is 0 Å². The van der Waals surface area contributed by atoms with Crippen LogP contribution in [0, 0.1) is 6.92 Å². The minimum absolute atomic E-state index is 0.0956. The standard InChI is InChI=1S/C26H28N6O3/c1-16-5-6-18(25(34)30-20-7-8-20)14-22(16)32-24(27)21(15-29-32)23(33)17-3-2-4-19(13-17)26(35)31-11-9-28-10-12-31/h2-6,13-15,20,28H,7-12,27H2,1H3,(H,30,34). The Bertz CT molecular complexity index is 1300. The largest absolute Gasteiger partial charge is 0.383 e. The molecule has 1 aliphatic heterocycles. The average molecular weight is 473 g/mol. The first-order valence-electron chi connectivity index (χ1n) is 11.8. The molecule has 5 rings (SSSR count). The van der Waals surface area contributed by atoms with Gasteiger partial charge < -0.3 is 21.3 Å². The molecule has 35 heavy (non-hydrogen) atoms. The van der Waals surface area contributed by atoms with E-state index in [1.54, 1.807) is 41.3 Å². The van der Waals surface area contributed by atoms with Crippen LogP contribution in [-0.2, 0) is 0 Å². The Balaban J connectivity index is 1.41. The van der Waals surface area contributed by atoms with E-state index in [0.29, 0.717) is 35.5 Å². The van der Waals surface area contributed by atoms with Gasteiger partial charge in [0.15, 0.2) is 5.78 Å². The van der Waals surface area contributed by atoms with Crippen molar-refractivity contribution in [1.82, 2.24) is 25.3 Å².